The number of rotatable bonds is 1. The van der Waals surface area contributed by atoms with Gasteiger partial charge in [-0.2, -0.15) is 0 Å². The standard InChI is InChI=1S/BFHIS2/c2-1(3)5-4/h4H. The van der Waals surface area contributed by atoms with Crippen molar-refractivity contribution >= 4 is 48.8 Å². The van der Waals surface area contributed by atoms with Crippen molar-refractivity contribution in [1.29, 1.82) is 0 Å². The molecule has 0 aliphatic rings. The normalized spacial score (nSPS) is 7.80. The van der Waals surface area contributed by atoms with E-state index in [1.807, 2.05) is 0 Å². The molecule has 0 nitrogen and oxygen atoms in total. The van der Waals surface area contributed by atoms with E-state index in [1.54, 1.807) is 22.4 Å². The van der Waals surface area contributed by atoms with Crippen LogP contribution in [0, 0.1) is 0 Å². The van der Waals surface area contributed by atoms with Crippen LogP contribution in [-0.2, 0) is 0 Å². The van der Waals surface area contributed by atoms with E-state index in [0.29, 0.717) is 0 Å². The molecule has 0 aromatic carbocycles. The molecule has 0 saturated heterocycles. The van der Waals surface area contributed by atoms with Crippen LogP contribution in [0.5, 0.6) is 0 Å². The van der Waals surface area contributed by atoms with Gasteiger partial charge in [-0.1, -0.05) is 33.0 Å². The van der Waals surface area contributed by atoms with Crippen molar-refractivity contribution in [3.05, 3.63) is 0 Å². The molecule has 0 aliphatic heterocycles. The molecule has 0 aromatic rings. The maximum atomic E-state index is 11.3. The van der Waals surface area contributed by atoms with Crippen LogP contribution in [0.3, 0.4) is 0 Å². The molecule has 0 aliphatic carbocycles. The van der Waals surface area contributed by atoms with Crippen LogP contribution in [0.25, 0.3) is 0 Å². The number of halogens is 2. The highest BCUT2D eigenvalue weighted by molar-refractivity contribution is 14.1. The van der Waals surface area contributed by atoms with Gasteiger partial charge < -0.3 is 4.32 Å². The third-order valence-electron chi connectivity index (χ3n) is 0.0797. The SMILES string of the molecule is FB(I)SS. The molecule has 0 radical (unpaired) electrons. The van der Waals surface area contributed by atoms with Gasteiger partial charge in [-0.3, -0.25) is 0 Å². The predicted molar refractivity (Wildman–Crippen MR) is 37.5 cm³/mol. The lowest BCUT2D eigenvalue weighted by molar-refractivity contribution is 0.892. The van der Waals surface area contributed by atoms with Gasteiger partial charge in [-0.05, 0) is 0 Å². The van der Waals surface area contributed by atoms with E-state index in [9.17, 15) is 4.32 Å². The van der Waals surface area contributed by atoms with Crippen LogP contribution < -0.4 is 0 Å². The zero-order valence-electron chi connectivity index (χ0n) is 2.19. The molecule has 5 heteroatoms. The Morgan fingerprint density at radius 3 is 2.20 bits per heavy atom. The first-order valence-corrected chi connectivity index (χ1v) is 4.03. The number of hydrogen-bond acceptors (Lipinski definition) is 2. The summed E-state index contributed by atoms with van der Waals surface area (Å²) < 4.78 is 10.4. The van der Waals surface area contributed by atoms with Gasteiger partial charge >= 0.3 is 4.12 Å². The summed E-state index contributed by atoms with van der Waals surface area (Å²) in [4.78, 5) is 0. The summed E-state index contributed by atoms with van der Waals surface area (Å²) in [6, 6.07) is 0. The lowest BCUT2D eigenvalue weighted by atomic mass is 10.6. The van der Waals surface area contributed by atoms with E-state index in [0.717, 1.165) is 10.6 Å². The molecule has 0 amide bonds. The maximum absolute atomic E-state index is 11.3. The van der Waals surface area contributed by atoms with Crippen LogP contribution in [0.2, 0.25) is 0 Å². The van der Waals surface area contributed by atoms with Crippen molar-refractivity contribution in [2.45, 2.75) is 0 Å². The minimum Gasteiger partial charge on any atom is -0.303 e. The average Bonchev–Trinajstić information content (AvgIpc) is 1.38. The van der Waals surface area contributed by atoms with E-state index < -0.39 is 4.12 Å². The zero-order valence-corrected chi connectivity index (χ0v) is 6.06. The van der Waals surface area contributed by atoms with Gasteiger partial charge in [0, 0.05) is 0 Å². The highest BCUT2D eigenvalue weighted by Gasteiger charge is 2.01. The van der Waals surface area contributed by atoms with Crippen LogP contribution in [0.15, 0.2) is 0 Å². The smallest absolute Gasteiger partial charge is 0.303 e. The molecule has 0 saturated carbocycles. The molecular weight excluding hydrogens is 221 g/mol. The molecule has 0 heterocycles. The molecule has 0 atom stereocenters. The van der Waals surface area contributed by atoms with Gasteiger partial charge in [0.1, 0.15) is 0 Å². The second-order valence-corrected chi connectivity index (χ2v) is 3.56. The summed E-state index contributed by atoms with van der Waals surface area (Å²) in [7, 11) is 0.894. The molecule has 0 unspecified atom stereocenters. The lowest BCUT2D eigenvalue weighted by Crippen LogP contribution is -1.73. The van der Waals surface area contributed by atoms with E-state index in [2.05, 4.69) is 11.7 Å². The minimum atomic E-state index is -0.865. The van der Waals surface area contributed by atoms with E-state index in [1.165, 1.54) is 0 Å². The molecule has 30 valence electrons. The first-order chi connectivity index (χ1) is 2.27. The van der Waals surface area contributed by atoms with Crippen molar-refractivity contribution in [2.24, 2.45) is 0 Å². The Balaban J connectivity index is 2.54. The summed E-state index contributed by atoms with van der Waals surface area (Å²) >= 11 is 5.18. The summed E-state index contributed by atoms with van der Waals surface area (Å²) in [5.74, 6) is 0. The van der Waals surface area contributed by atoms with Crippen molar-refractivity contribution in [3.63, 3.8) is 0 Å². The Morgan fingerprint density at radius 1 is 2.00 bits per heavy atom. The Bertz CT molecular complexity index is 23.6. The molecule has 0 N–H and O–H groups in total. The molecule has 0 rings (SSSR count). The Labute approximate surface area is 53.0 Å². The van der Waals surface area contributed by atoms with Crippen molar-refractivity contribution in [2.75, 3.05) is 0 Å². The van der Waals surface area contributed by atoms with E-state index in [-0.39, 0.29) is 0 Å². The van der Waals surface area contributed by atoms with Crippen LogP contribution in [-0.4, -0.2) is 4.12 Å². The third-order valence-corrected chi connectivity index (χ3v) is 2.76. The third kappa shape index (κ3) is 5.42. The van der Waals surface area contributed by atoms with Crippen LogP contribution in [0.4, 0.5) is 4.32 Å². The number of thiol groups is 1. The second-order valence-electron chi connectivity index (χ2n) is 0.366. The highest BCUT2D eigenvalue weighted by Crippen LogP contribution is 2.16. The predicted octanol–water partition coefficient (Wildman–Crippen LogP) is 1.95. The summed E-state index contributed by atoms with van der Waals surface area (Å²) in [5, 5.41) is 0. The zero-order chi connectivity index (χ0) is 4.28. The largest absolute Gasteiger partial charge is 0.490 e. The maximum Gasteiger partial charge on any atom is 0.490 e. The summed E-state index contributed by atoms with van der Waals surface area (Å²) in [5.41, 5.74) is 0. The Hall–Kier alpha value is 1.42. The molecule has 0 spiro atoms. The molecule has 0 bridgehead atoms. The fourth-order valence-corrected chi connectivity index (χ4v) is 0. The van der Waals surface area contributed by atoms with Gasteiger partial charge in [0.15, 0.2) is 0 Å². The Morgan fingerprint density at radius 2 is 2.20 bits per heavy atom. The lowest BCUT2D eigenvalue weighted by Gasteiger charge is -1.75. The topological polar surface area (TPSA) is 0 Å². The fourth-order valence-electron chi connectivity index (χ4n) is 0. The van der Waals surface area contributed by atoms with Crippen molar-refractivity contribution in [3.8, 4) is 0 Å². The van der Waals surface area contributed by atoms with Gasteiger partial charge in [-0.15, -0.1) is 11.7 Å². The van der Waals surface area contributed by atoms with Crippen molar-refractivity contribution in [1.82, 2.24) is 0 Å². The van der Waals surface area contributed by atoms with Gasteiger partial charge in [0.05, 0.1) is 0 Å². The van der Waals surface area contributed by atoms with Crippen LogP contribution >= 0.6 is 44.7 Å². The second kappa shape index (κ2) is 3.61. The first-order valence-electron chi connectivity index (χ1n) is 0.855. The summed E-state index contributed by atoms with van der Waals surface area (Å²) in [6.07, 6.45) is 0. The van der Waals surface area contributed by atoms with Crippen molar-refractivity contribution < 1.29 is 4.32 Å². The van der Waals surface area contributed by atoms with Gasteiger partial charge in [-0.25, -0.2) is 0 Å². The minimum absolute atomic E-state index is 0.865. The average molecular weight is 222 g/mol. The molecular formula is HBFIS2. The monoisotopic (exact) mass is 222 g/mol. The Kier molecular flexibility index (Phi) is 4.64. The highest BCUT2D eigenvalue weighted by atomic mass is 127. The van der Waals surface area contributed by atoms with Crippen LogP contribution in [0.1, 0.15) is 0 Å². The molecule has 0 aromatic heterocycles. The van der Waals surface area contributed by atoms with Gasteiger partial charge in [0.25, 0.3) is 0 Å². The summed E-state index contributed by atoms with van der Waals surface area (Å²) in [6.45, 7) is 0. The first kappa shape index (κ1) is 6.42. The molecule has 0 fully saturated rings. The van der Waals surface area contributed by atoms with E-state index >= 15 is 0 Å². The fraction of sp³-hybridized carbons (Fsp3) is 0. The molecule has 5 heavy (non-hydrogen) atoms. The quantitative estimate of drug-likeness (QED) is 0.306. The van der Waals surface area contributed by atoms with Gasteiger partial charge in [0.2, 0.25) is 0 Å². The van der Waals surface area contributed by atoms with E-state index in [4.69, 9.17) is 0 Å². The number of hydrogen-bond donors (Lipinski definition) is 1.